The van der Waals surface area contributed by atoms with Gasteiger partial charge in [-0.15, -0.1) is 10.2 Å². The molecule has 1 atom stereocenters. The number of nitrogens with zero attached hydrogens (tertiary/aromatic N) is 4. The Morgan fingerprint density at radius 3 is 3.00 bits per heavy atom. The molecule has 0 bridgehead atoms. The average Bonchev–Trinajstić information content (AvgIpc) is 2.98. The number of carbonyl (C=O) groups is 1. The number of amides is 1. The molecule has 0 N–H and O–H groups in total. The molecule has 0 unspecified atom stereocenters. The van der Waals surface area contributed by atoms with Crippen LogP contribution in [0.5, 0.6) is 0 Å². The maximum absolute atomic E-state index is 12.5. The zero-order chi connectivity index (χ0) is 14.1. The van der Waals surface area contributed by atoms with Crippen LogP contribution in [0, 0.1) is 0 Å². The second-order valence-corrected chi connectivity index (χ2v) is 5.90. The van der Waals surface area contributed by atoms with E-state index in [1.165, 1.54) is 17.3 Å². The molecule has 5 nitrogen and oxygen atoms in total. The van der Waals surface area contributed by atoms with Gasteiger partial charge in [-0.05, 0) is 25.0 Å². The average molecular weight is 288 g/mol. The molecule has 6 heteroatoms. The zero-order valence-corrected chi connectivity index (χ0v) is 12.3. The predicted octanol–water partition coefficient (Wildman–Crippen LogP) is 1.89. The van der Waals surface area contributed by atoms with Crippen LogP contribution in [0.1, 0.15) is 12.5 Å². The largest absolute Gasteiger partial charge is 0.312 e. The van der Waals surface area contributed by atoms with Gasteiger partial charge in [0.15, 0.2) is 5.16 Å². The number of hydrogen-bond acceptors (Lipinski definition) is 4. The fourth-order valence-corrected chi connectivity index (χ4v) is 3.29. The number of hydrogen-bond donors (Lipinski definition) is 0. The Kier molecular flexibility index (Phi) is 3.48. The highest BCUT2D eigenvalue weighted by Crippen LogP contribution is 2.32. The summed E-state index contributed by atoms with van der Waals surface area (Å²) in [7, 11) is 1.88. The quantitative estimate of drug-likeness (QED) is 0.809. The Morgan fingerprint density at radius 2 is 2.25 bits per heavy atom. The Labute approximate surface area is 122 Å². The van der Waals surface area contributed by atoms with E-state index >= 15 is 0 Å². The van der Waals surface area contributed by atoms with Crippen LogP contribution in [-0.4, -0.2) is 32.5 Å². The molecular formula is C14H16N4OS. The summed E-state index contributed by atoms with van der Waals surface area (Å²) < 4.78 is 1.82. The van der Waals surface area contributed by atoms with Crippen LogP contribution in [-0.2, 0) is 18.3 Å². The Balaban J connectivity index is 1.73. The maximum atomic E-state index is 12.5. The second kappa shape index (κ2) is 5.28. The molecule has 1 aromatic heterocycles. The van der Waals surface area contributed by atoms with Gasteiger partial charge in [0.05, 0.1) is 5.75 Å². The highest BCUT2D eigenvalue weighted by Gasteiger charge is 2.30. The standard InChI is InChI=1S/C14H16N4OS/c1-10-7-11-5-3-4-6-12(11)18(10)13(19)8-20-14-16-15-9-17(14)2/h3-6,9-10H,7-8H2,1-2H3/t10-/m1/s1. The van der Waals surface area contributed by atoms with Crippen molar-refractivity contribution in [3.05, 3.63) is 36.2 Å². The summed E-state index contributed by atoms with van der Waals surface area (Å²) in [6.45, 7) is 2.09. The maximum Gasteiger partial charge on any atom is 0.237 e. The summed E-state index contributed by atoms with van der Waals surface area (Å²) in [4.78, 5) is 14.4. The summed E-state index contributed by atoms with van der Waals surface area (Å²) in [6, 6.07) is 8.33. The van der Waals surface area contributed by atoms with Gasteiger partial charge < -0.3 is 9.47 Å². The molecule has 0 saturated heterocycles. The first-order valence-electron chi connectivity index (χ1n) is 6.53. The first kappa shape index (κ1) is 13.2. The fraction of sp³-hybridized carbons (Fsp3) is 0.357. The molecule has 1 aromatic carbocycles. The van der Waals surface area contributed by atoms with Crippen molar-refractivity contribution in [2.45, 2.75) is 24.5 Å². The van der Waals surface area contributed by atoms with Crippen molar-refractivity contribution in [2.75, 3.05) is 10.7 Å². The first-order valence-corrected chi connectivity index (χ1v) is 7.52. The van der Waals surface area contributed by atoms with Crippen molar-refractivity contribution in [1.82, 2.24) is 14.8 Å². The van der Waals surface area contributed by atoms with Gasteiger partial charge >= 0.3 is 0 Å². The minimum absolute atomic E-state index is 0.121. The fourth-order valence-electron chi connectivity index (χ4n) is 2.54. The van der Waals surface area contributed by atoms with Crippen LogP contribution >= 0.6 is 11.8 Å². The minimum Gasteiger partial charge on any atom is -0.312 e. The van der Waals surface area contributed by atoms with Gasteiger partial charge in [-0.3, -0.25) is 4.79 Å². The summed E-state index contributed by atoms with van der Waals surface area (Å²) in [5, 5.41) is 8.56. The molecule has 1 aliphatic heterocycles. The van der Waals surface area contributed by atoms with Crippen LogP contribution in [0.15, 0.2) is 35.7 Å². The smallest absolute Gasteiger partial charge is 0.237 e. The lowest BCUT2D eigenvalue weighted by Gasteiger charge is -2.22. The van der Waals surface area contributed by atoms with Crippen molar-refractivity contribution in [3.8, 4) is 0 Å². The summed E-state index contributed by atoms with van der Waals surface area (Å²) >= 11 is 1.42. The Morgan fingerprint density at radius 1 is 1.45 bits per heavy atom. The van der Waals surface area contributed by atoms with E-state index in [0.717, 1.165) is 17.3 Å². The van der Waals surface area contributed by atoms with Gasteiger partial charge in [0.1, 0.15) is 6.33 Å². The van der Waals surface area contributed by atoms with Crippen molar-refractivity contribution in [3.63, 3.8) is 0 Å². The van der Waals surface area contributed by atoms with Gasteiger partial charge in [-0.25, -0.2) is 0 Å². The third-order valence-electron chi connectivity index (χ3n) is 3.47. The lowest BCUT2D eigenvalue weighted by atomic mass is 10.1. The van der Waals surface area contributed by atoms with E-state index < -0.39 is 0 Å². The van der Waals surface area contributed by atoms with Crippen molar-refractivity contribution >= 4 is 23.4 Å². The van der Waals surface area contributed by atoms with E-state index in [0.29, 0.717) is 5.75 Å². The number of anilines is 1. The molecule has 20 heavy (non-hydrogen) atoms. The molecule has 1 amide bonds. The number of para-hydroxylation sites is 1. The Bertz CT molecular complexity index is 640. The van der Waals surface area contributed by atoms with E-state index in [-0.39, 0.29) is 11.9 Å². The number of benzene rings is 1. The van der Waals surface area contributed by atoms with Crippen LogP contribution in [0.3, 0.4) is 0 Å². The number of aromatic nitrogens is 3. The molecule has 1 aliphatic rings. The van der Waals surface area contributed by atoms with Crippen molar-refractivity contribution in [1.29, 1.82) is 0 Å². The predicted molar refractivity (Wildman–Crippen MR) is 78.8 cm³/mol. The second-order valence-electron chi connectivity index (χ2n) is 4.96. The molecule has 0 aliphatic carbocycles. The van der Waals surface area contributed by atoms with Gasteiger partial charge in [-0.1, -0.05) is 30.0 Å². The van der Waals surface area contributed by atoms with Crippen molar-refractivity contribution in [2.24, 2.45) is 7.05 Å². The number of thioether (sulfide) groups is 1. The normalized spacial score (nSPS) is 17.3. The topological polar surface area (TPSA) is 51.0 Å². The molecule has 0 radical (unpaired) electrons. The lowest BCUT2D eigenvalue weighted by molar-refractivity contribution is -0.116. The van der Waals surface area contributed by atoms with Crippen molar-refractivity contribution < 1.29 is 4.79 Å². The Hall–Kier alpha value is -1.82. The van der Waals surface area contributed by atoms with Gasteiger partial charge in [0.25, 0.3) is 0 Å². The van der Waals surface area contributed by atoms with E-state index in [2.05, 4.69) is 23.2 Å². The number of carbonyl (C=O) groups excluding carboxylic acids is 1. The van der Waals surface area contributed by atoms with Gasteiger partial charge in [-0.2, -0.15) is 0 Å². The SMILES string of the molecule is C[C@@H]1Cc2ccccc2N1C(=O)CSc1nncn1C. The molecule has 2 aromatic rings. The van der Waals surface area contributed by atoms with Gasteiger partial charge in [0.2, 0.25) is 5.91 Å². The van der Waals surface area contributed by atoms with E-state index in [9.17, 15) is 4.79 Å². The third-order valence-corrected chi connectivity index (χ3v) is 4.49. The first-order chi connectivity index (χ1) is 9.66. The molecule has 104 valence electrons. The van der Waals surface area contributed by atoms with E-state index in [1.54, 1.807) is 6.33 Å². The third kappa shape index (κ3) is 2.31. The number of rotatable bonds is 3. The van der Waals surface area contributed by atoms with Crippen LogP contribution < -0.4 is 4.90 Å². The van der Waals surface area contributed by atoms with Crippen LogP contribution in [0.2, 0.25) is 0 Å². The van der Waals surface area contributed by atoms with Crippen LogP contribution in [0.4, 0.5) is 5.69 Å². The molecule has 0 spiro atoms. The zero-order valence-electron chi connectivity index (χ0n) is 11.5. The minimum atomic E-state index is 0.121. The molecule has 3 rings (SSSR count). The lowest BCUT2D eigenvalue weighted by Crippen LogP contribution is -2.37. The highest BCUT2D eigenvalue weighted by atomic mass is 32.2. The number of fused-ring (bicyclic) bond motifs is 1. The monoisotopic (exact) mass is 288 g/mol. The summed E-state index contributed by atoms with van der Waals surface area (Å²) in [5.74, 6) is 0.501. The molecular weight excluding hydrogens is 272 g/mol. The number of aryl methyl sites for hydroxylation is 1. The van der Waals surface area contributed by atoms with Crippen LogP contribution in [0.25, 0.3) is 0 Å². The molecule has 0 fully saturated rings. The molecule has 0 saturated carbocycles. The molecule has 2 heterocycles. The van der Waals surface area contributed by atoms with E-state index in [4.69, 9.17) is 0 Å². The van der Waals surface area contributed by atoms with E-state index in [1.807, 2.05) is 34.7 Å². The highest BCUT2D eigenvalue weighted by molar-refractivity contribution is 7.99. The summed E-state index contributed by atoms with van der Waals surface area (Å²) in [6.07, 6.45) is 2.57. The van der Waals surface area contributed by atoms with Gasteiger partial charge in [0, 0.05) is 18.8 Å². The summed E-state index contributed by atoms with van der Waals surface area (Å²) in [5.41, 5.74) is 2.29.